The quantitative estimate of drug-likeness (QED) is 0.185. The minimum atomic E-state index is 0.378. The van der Waals surface area contributed by atoms with Crippen molar-refractivity contribution < 1.29 is 0 Å². The molecular weight excluding hydrogens is 542 g/mol. The van der Waals surface area contributed by atoms with Gasteiger partial charge in [0.15, 0.2) is 0 Å². The van der Waals surface area contributed by atoms with Gasteiger partial charge in [0.05, 0.1) is 5.69 Å². The highest BCUT2D eigenvalue weighted by Gasteiger charge is 2.26. The van der Waals surface area contributed by atoms with Gasteiger partial charge in [-0.2, -0.15) is 0 Å². The van der Waals surface area contributed by atoms with Crippen molar-refractivity contribution in [1.82, 2.24) is 0 Å². The number of hydrogen-bond acceptors (Lipinski definition) is 1. The fourth-order valence-electron chi connectivity index (χ4n) is 7.47. The Morgan fingerprint density at radius 2 is 1.18 bits per heavy atom. The van der Waals surface area contributed by atoms with E-state index in [0.717, 1.165) is 12.1 Å². The molecule has 0 saturated heterocycles. The summed E-state index contributed by atoms with van der Waals surface area (Å²) in [7, 11) is 0. The molecule has 0 amide bonds. The number of para-hydroxylation sites is 1. The van der Waals surface area contributed by atoms with Crippen molar-refractivity contribution in [2.24, 2.45) is 5.92 Å². The topological polar surface area (TPSA) is 3.24 Å². The minimum absolute atomic E-state index is 0.378. The van der Waals surface area contributed by atoms with Crippen LogP contribution in [0.25, 0.3) is 54.6 Å². The van der Waals surface area contributed by atoms with Crippen molar-refractivity contribution in [1.29, 1.82) is 0 Å². The third kappa shape index (κ3) is 4.16. The lowest BCUT2D eigenvalue weighted by atomic mass is 9.84. The molecule has 2 aliphatic carbocycles. The number of rotatable bonds is 5. The first-order valence-electron chi connectivity index (χ1n) is 15.8. The molecule has 1 nitrogen and oxygen atoms in total. The second-order valence-electron chi connectivity index (χ2n) is 12.0. The molecule has 212 valence electrons. The normalized spacial score (nSPS) is 15.8. The van der Waals surface area contributed by atoms with Crippen LogP contribution in [0.5, 0.6) is 0 Å². The van der Waals surface area contributed by atoms with E-state index < -0.39 is 0 Å². The van der Waals surface area contributed by atoms with Gasteiger partial charge in [0.2, 0.25) is 0 Å². The van der Waals surface area contributed by atoms with Gasteiger partial charge in [0.25, 0.3) is 0 Å². The summed E-state index contributed by atoms with van der Waals surface area (Å²) in [6, 6.07) is 48.9. The van der Waals surface area contributed by atoms with Gasteiger partial charge in [-0.05, 0) is 80.1 Å². The van der Waals surface area contributed by atoms with Crippen LogP contribution in [-0.4, -0.2) is 0 Å². The molecule has 0 saturated carbocycles. The Hall–Kier alpha value is -5.66. The van der Waals surface area contributed by atoms with Crippen LogP contribution in [0.3, 0.4) is 0 Å². The lowest BCUT2D eigenvalue weighted by Crippen LogP contribution is -2.21. The Labute approximate surface area is 263 Å². The Balaban J connectivity index is 1.43. The first-order chi connectivity index (χ1) is 22.3. The summed E-state index contributed by atoms with van der Waals surface area (Å²) < 4.78 is 0. The first-order valence-corrected chi connectivity index (χ1v) is 15.8. The number of fused-ring (bicyclic) bond motifs is 1. The van der Waals surface area contributed by atoms with E-state index in [2.05, 4.69) is 175 Å². The molecule has 7 aromatic rings. The maximum Gasteiger partial charge on any atom is 0.0547 e. The smallest absolute Gasteiger partial charge is 0.0547 e. The molecule has 0 heterocycles. The van der Waals surface area contributed by atoms with Crippen LogP contribution in [0.1, 0.15) is 6.42 Å². The van der Waals surface area contributed by atoms with Crippen LogP contribution < -0.4 is 4.90 Å². The van der Waals surface area contributed by atoms with Crippen LogP contribution in [0.4, 0.5) is 11.4 Å². The third-order valence-electron chi connectivity index (χ3n) is 9.52. The monoisotopic (exact) mass is 573 g/mol. The van der Waals surface area contributed by atoms with Gasteiger partial charge < -0.3 is 4.90 Å². The van der Waals surface area contributed by atoms with Crippen LogP contribution in [0.15, 0.2) is 181 Å². The summed E-state index contributed by atoms with van der Waals surface area (Å²) >= 11 is 0. The highest BCUT2D eigenvalue weighted by atomic mass is 15.2. The predicted molar refractivity (Wildman–Crippen MR) is 192 cm³/mol. The summed E-state index contributed by atoms with van der Waals surface area (Å²) in [5.74, 6) is 0.378. The molecule has 0 aromatic heterocycles. The third-order valence-corrected chi connectivity index (χ3v) is 9.52. The summed E-state index contributed by atoms with van der Waals surface area (Å²) in [4.78, 5) is 2.50. The van der Waals surface area contributed by atoms with Crippen molar-refractivity contribution in [2.75, 3.05) is 4.90 Å². The fourth-order valence-corrected chi connectivity index (χ4v) is 7.47. The van der Waals surface area contributed by atoms with Crippen LogP contribution >= 0.6 is 0 Å². The molecule has 2 aliphatic rings. The van der Waals surface area contributed by atoms with Gasteiger partial charge in [-0.1, -0.05) is 146 Å². The largest absolute Gasteiger partial charge is 0.310 e. The number of anilines is 2. The van der Waals surface area contributed by atoms with Gasteiger partial charge in [-0.25, -0.2) is 0 Å². The number of hydrogen-bond donors (Lipinski definition) is 0. The molecular formula is C44H31N. The second kappa shape index (κ2) is 10.5. The Kier molecular flexibility index (Phi) is 6.02. The second-order valence-corrected chi connectivity index (χ2v) is 12.0. The maximum atomic E-state index is 2.50. The molecule has 0 spiro atoms. The zero-order valence-corrected chi connectivity index (χ0v) is 24.9. The Morgan fingerprint density at radius 3 is 1.96 bits per heavy atom. The molecule has 0 N–H and O–H groups in total. The van der Waals surface area contributed by atoms with E-state index in [-0.39, 0.29) is 0 Å². The van der Waals surface area contributed by atoms with Crippen molar-refractivity contribution >= 4 is 43.7 Å². The van der Waals surface area contributed by atoms with E-state index in [1.54, 1.807) is 0 Å². The van der Waals surface area contributed by atoms with E-state index in [9.17, 15) is 0 Å². The zero-order valence-electron chi connectivity index (χ0n) is 24.9. The molecule has 7 aromatic carbocycles. The molecule has 0 aliphatic heterocycles. The van der Waals surface area contributed by atoms with E-state index in [4.69, 9.17) is 0 Å². The van der Waals surface area contributed by atoms with Gasteiger partial charge in [0.1, 0.15) is 0 Å². The van der Waals surface area contributed by atoms with Gasteiger partial charge in [-0.3, -0.25) is 0 Å². The van der Waals surface area contributed by atoms with Crippen molar-refractivity contribution in [3.63, 3.8) is 0 Å². The number of benzene rings is 7. The van der Waals surface area contributed by atoms with E-state index >= 15 is 0 Å². The molecule has 1 unspecified atom stereocenters. The highest BCUT2D eigenvalue weighted by Crippen LogP contribution is 2.49. The zero-order chi connectivity index (χ0) is 29.7. The van der Waals surface area contributed by atoms with Crippen LogP contribution in [0.2, 0.25) is 0 Å². The summed E-state index contributed by atoms with van der Waals surface area (Å²) in [6.45, 7) is 0. The molecule has 0 fully saturated rings. The Bertz CT molecular complexity index is 2320. The summed E-state index contributed by atoms with van der Waals surface area (Å²) in [5.41, 5.74) is 9.94. The molecule has 1 atom stereocenters. The van der Waals surface area contributed by atoms with Crippen molar-refractivity contribution in [3.8, 4) is 22.3 Å². The van der Waals surface area contributed by atoms with E-state index in [0.29, 0.717) is 5.92 Å². The standard InChI is InChI=1S/C44H31N/c1-4-13-30(14-5-1)35-25-23-33-24-26-38-40(32-15-6-2-7-16-32)29-42(39-28-27-37(35)43(33)44(38)39)45(34-19-8-3-9-20-34)41-22-12-18-31-17-10-11-21-36(31)41/h1-17,19-29,31H,18H2. The van der Waals surface area contributed by atoms with Crippen molar-refractivity contribution in [3.05, 3.63) is 181 Å². The highest BCUT2D eigenvalue weighted by molar-refractivity contribution is 6.30. The molecule has 0 bridgehead atoms. The predicted octanol–water partition coefficient (Wildman–Crippen LogP) is 12.0. The fraction of sp³-hybridized carbons (Fsp3) is 0.0455. The SMILES string of the molecule is C1=CC2=C(N(c3ccccc3)c3cc(-c4ccccc4)c4ccc5ccc(-c6ccccc6)c6ccc3c4c56)C=CCC2C=C1. The van der Waals surface area contributed by atoms with Gasteiger partial charge >= 0.3 is 0 Å². The van der Waals surface area contributed by atoms with Crippen LogP contribution in [-0.2, 0) is 0 Å². The first kappa shape index (κ1) is 25.8. The van der Waals surface area contributed by atoms with E-state index in [1.807, 2.05) is 0 Å². The van der Waals surface area contributed by atoms with Crippen molar-refractivity contribution in [2.45, 2.75) is 6.42 Å². The summed E-state index contributed by atoms with van der Waals surface area (Å²) in [6.07, 6.45) is 14.7. The number of nitrogens with zero attached hydrogens (tertiary/aromatic N) is 1. The average Bonchev–Trinajstić information content (AvgIpc) is 3.12. The molecule has 45 heavy (non-hydrogen) atoms. The summed E-state index contributed by atoms with van der Waals surface area (Å²) in [5, 5.41) is 7.75. The number of allylic oxidation sites excluding steroid dienone is 7. The molecule has 0 radical (unpaired) electrons. The van der Waals surface area contributed by atoms with Crippen LogP contribution in [0, 0.1) is 5.92 Å². The van der Waals surface area contributed by atoms with Gasteiger partial charge in [-0.15, -0.1) is 0 Å². The maximum absolute atomic E-state index is 2.50. The lowest BCUT2D eigenvalue weighted by Gasteiger charge is -2.34. The average molecular weight is 574 g/mol. The lowest BCUT2D eigenvalue weighted by molar-refractivity contribution is 0.763. The molecule has 9 rings (SSSR count). The minimum Gasteiger partial charge on any atom is -0.310 e. The van der Waals surface area contributed by atoms with Gasteiger partial charge in [0, 0.05) is 28.1 Å². The Morgan fingerprint density at radius 1 is 0.533 bits per heavy atom. The van der Waals surface area contributed by atoms with E-state index in [1.165, 1.54) is 71.5 Å². The molecule has 1 heteroatoms.